The molecule has 0 spiro atoms. The van der Waals surface area contributed by atoms with Gasteiger partial charge in [-0.15, -0.1) is 0 Å². The van der Waals surface area contributed by atoms with E-state index >= 15 is 0 Å². The molecule has 1 heteroatoms. The third-order valence-corrected chi connectivity index (χ3v) is 2.58. The smallest absolute Gasteiger partial charge is 0.00459 e. The van der Waals surface area contributed by atoms with Crippen LogP contribution >= 0.6 is 0 Å². The molecule has 0 aromatic carbocycles. The fraction of sp³-hybridized carbons (Fsp3) is 0.800. The van der Waals surface area contributed by atoms with Gasteiger partial charge in [-0.1, -0.05) is 25.5 Å². The molecule has 0 bridgehead atoms. The molecule has 0 aromatic rings. The minimum atomic E-state index is 0.744. The van der Waals surface area contributed by atoms with Crippen molar-refractivity contribution >= 4 is 0 Å². The molecule has 0 aromatic heterocycles. The molecular weight excluding hydrogens is 134 g/mol. The second-order valence-electron chi connectivity index (χ2n) is 3.73. The van der Waals surface area contributed by atoms with Gasteiger partial charge in [0.2, 0.25) is 0 Å². The van der Waals surface area contributed by atoms with Crippen LogP contribution in [0.4, 0.5) is 0 Å². The van der Waals surface area contributed by atoms with Crippen molar-refractivity contribution in [2.75, 3.05) is 6.54 Å². The van der Waals surface area contributed by atoms with E-state index in [9.17, 15) is 0 Å². The number of hydrogen-bond donors (Lipinski definition) is 1. The lowest BCUT2D eigenvalue weighted by Crippen LogP contribution is -2.15. The molecule has 1 unspecified atom stereocenters. The molecule has 11 heavy (non-hydrogen) atoms. The second kappa shape index (κ2) is 4.55. The van der Waals surface area contributed by atoms with Gasteiger partial charge < -0.3 is 5.73 Å². The third kappa shape index (κ3) is 3.06. The highest BCUT2D eigenvalue weighted by Crippen LogP contribution is 2.20. The van der Waals surface area contributed by atoms with Gasteiger partial charge in [0.05, 0.1) is 0 Å². The summed E-state index contributed by atoms with van der Waals surface area (Å²) < 4.78 is 0. The van der Waals surface area contributed by atoms with E-state index < -0.39 is 0 Å². The zero-order chi connectivity index (χ0) is 8.10. The Balaban J connectivity index is 2.38. The SMILES string of the molecule is CC1C/C=C\C[C@@H](CN)CC1. The van der Waals surface area contributed by atoms with Gasteiger partial charge in [0.1, 0.15) is 0 Å². The van der Waals surface area contributed by atoms with E-state index in [0.717, 1.165) is 18.4 Å². The van der Waals surface area contributed by atoms with Crippen LogP contribution < -0.4 is 5.73 Å². The van der Waals surface area contributed by atoms with Crippen molar-refractivity contribution < 1.29 is 0 Å². The number of hydrogen-bond acceptors (Lipinski definition) is 1. The first-order valence-electron chi connectivity index (χ1n) is 4.68. The van der Waals surface area contributed by atoms with Gasteiger partial charge in [-0.25, -0.2) is 0 Å². The lowest BCUT2D eigenvalue weighted by Gasteiger charge is -2.17. The van der Waals surface area contributed by atoms with Crippen LogP contribution in [0.1, 0.15) is 32.6 Å². The lowest BCUT2D eigenvalue weighted by atomic mass is 9.90. The molecule has 0 fully saturated rings. The van der Waals surface area contributed by atoms with Crippen molar-refractivity contribution in [1.82, 2.24) is 0 Å². The van der Waals surface area contributed by atoms with Crippen LogP contribution in [0.25, 0.3) is 0 Å². The summed E-state index contributed by atoms with van der Waals surface area (Å²) >= 11 is 0. The van der Waals surface area contributed by atoms with Gasteiger partial charge in [-0.05, 0) is 37.6 Å². The van der Waals surface area contributed by atoms with Crippen molar-refractivity contribution in [1.29, 1.82) is 0 Å². The highest BCUT2D eigenvalue weighted by atomic mass is 14.5. The first-order chi connectivity index (χ1) is 5.33. The van der Waals surface area contributed by atoms with Crippen LogP contribution in [-0.4, -0.2) is 6.54 Å². The maximum absolute atomic E-state index is 5.64. The molecule has 0 saturated heterocycles. The zero-order valence-electron chi connectivity index (χ0n) is 7.42. The van der Waals surface area contributed by atoms with Crippen molar-refractivity contribution in [2.45, 2.75) is 32.6 Å². The fourth-order valence-electron chi connectivity index (χ4n) is 1.59. The Morgan fingerprint density at radius 1 is 1.27 bits per heavy atom. The first-order valence-corrected chi connectivity index (χ1v) is 4.68. The summed E-state index contributed by atoms with van der Waals surface area (Å²) in [4.78, 5) is 0. The van der Waals surface area contributed by atoms with Gasteiger partial charge >= 0.3 is 0 Å². The van der Waals surface area contributed by atoms with E-state index in [0.29, 0.717) is 0 Å². The van der Waals surface area contributed by atoms with E-state index in [1.165, 1.54) is 25.7 Å². The summed E-state index contributed by atoms with van der Waals surface area (Å²) in [5.41, 5.74) is 5.64. The first kappa shape index (κ1) is 8.79. The molecule has 0 heterocycles. The van der Waals surface area contributed by atoms with Crippen LogP contribution in [0.3, 0.4) is 0 Å². The Morgan fingerprint density at radius 3 is 2.73 bits per heavy atom. The topological polar surface area (TPSA) is 26.0 Å². The van der Waals surface area contributed by atoms with Crippen LogP contribution in [-0.2, 0) is 0 Å². The molecule has 0 amide bonds. The minimum Gasteiger partial charge on any atom is -0.330 e. The standard InChI is InChI=1S/C10H19N/c1-9-4-2-3-5-10(8-11)7-6-9/h2-3,9-10H,4-8,11H2,1H3/b3-2-/t9?,10-/m1/s1. The van der Waals surface area contributed by atoms with E-state index in [4.69, 9.17) is 5.73 Å². The minimum absolute atomic E-state index is 0.744. The average molecular weight is 153 g/mol. The average Bonchev–Trinajstić information content (AvgIpc) is 1.98. The molecule has 1 nitrogen and oxygen atoms in total. The summed E-state index contributed by atoms with van der Waals surface area (Å²) in [6.07, 6.45) is 9.74. The monoisotopic (exact) mass is 153 g/mol. The van der Waals surface area contributed by atoms with E-state index in [-0.39, 0.29) is 0 Å². The zero-order valence-corrected chi connectivity index (χ0v) is 7.42. The van der Waals surface area contributed by atoms with Gasteiger partial charge in [-0.3, -0.25) is 0 Å². The van der Waals surface area contributed by atoms with Gasteiger partial charge in [0, 0.05) is 0 Å². The summed E-state index contributed by atoms with van der Waals surface area (Å²) in [6, 6.07) is 0. The molecule has 1 aliphatic rings. The van der Waals surface area contributed by atoms with Crippen LogP contribution in [0.2, 0.25) is 0 Å². The molecule has 0 radical (unpaired) electrons. The van der Waals surface area contributed by atoms with E-state index in [2.05, 4.69) is 19.1 Å². The third-order valence-electron chi connectivity index (χ3n) is 2.58. The molecule has 1 rings (SSSR count). The van der Waals surface area contributed by atoms with E-state index in [1.807, 2.05) is 0 Å². The van der Waals surface area contributed by atoms with Gasteiger partial charge in [0.15, 0.2) is 0 Å². The summed E-state index contributed by atoms with van der Waals surface area (Å²) in [6.45, 7) is 3.18. The quantitative estimate of drug-likeness (QED) is 0.575. The predicted molar refractivity (Wildman–Crippen MR) is 49.3 cm³/mol. The van der Waals surface area contributed by atoms with Crippen molar-refractivity contribution in [3.05, 3.63) is 12.2 Å². The van der Waals surface area contributed by atoms with Crippen LogP contribution in [0.15, 0.2) is 12.2 Å². The maximum atomic E-state index is 5.64. The predicted octanol–water partition coefficient (Wildman–Crippen LogP) is 2.33. The Morgan fingerprint density at radius 2 is 2.00 bits per heavy atom. The molecule has 2 atom stereocenters. The number of allylic oxidation sites excluding steroid dienone is 2. The molecule has 2 N–H and O–H groups in total. The summed E-state index contributed by atoms with van der Waals surface area (Å²) in [5, 5.41) is 0. The Hall–Kier alpha value is -0.300. The normalized spacial score (nSPS) is 35.8. The fourth-order valence-corrected chi connectivity index (χ4v) is 1.59. The maximum Gasteiger partial charge on any atom is -0.00459 e. The number of nitrogens with two attached hydrogens (primary N) is 1. The Kier molecular flexibility index (Phi) is 3.64. The molecule has 64 valence electrons. The van der Waals surface area contributed by atoms with Crippen LogP contribution in [0, 0.1) is 11.8 Å². The molecule has 0 saturated carbocycles. The van der Waals surface area contributed by atoms with Crippen molar-refractivity contribution in [3.63, 3.8) is 0 Å². The van der Waals surface area contributed by atoms with Crippen molar-refractivity contribution in [2.24, 2.45) is 17.6 Å². The molecule has 1 aliphatic carbocycles. The van der Waals surface area contributed by atoms with Gasteiger partial charge in [-0.2, -0.15) is 0 Å². The largest absolute Gasteiger partial charge is 0.330 e. The lowest BCUT2D eigenvalue weighted by molar-refractivity contribution is 0.408. The van der Waals surface area contributed by atoms with E-state index in [1.54, 1.807) is 0 Å². The Bertz CT molecular complexity index is 129. The number of rotatable bonds is 1. The van der Waals surface area contributed by atoms with Gasteiger partial charge in [0.25, 0.3) is 0 Å². The van der Waals surface area contributed by atoms with Crippen molar-refractivity contribution in [3.8, 4) is 0 Å². The second-order valence-corrected chi connectivity index (χ2v) is 3.73. The highest BCUT2D eigenvalue weighted by Gasteiger charge is 2.09. The summed E-state index contributed by atoms with van der Waals surface area (Å²) in [5.74, 6) is 1.61. The molecule has 0 aliphatic heterocycles. The highest BCUT2D eigenvalue weighted by molar-refractivity contribution is 4.88. The van der Waals surface area contributed by atoms with Crippen LogP contribution in [0.5, 0.6) is 0 Å². The molecular formula is C10H19N. The summed E-state index contributed by atoms with van der Waals surface area (Å²) in [7, 11) is 0. The Labute approximate surface area is 69.7 Å².